The van der Waals surface area contributed by atoms with Crippen molar-refractivity contribution in [1.82, 2.24) is 0 Å². The van der Waals surface area contributed by atoms with Gasteiger partial charge in [-0.2, -0.15) is 0 Å². The van der Waals surface area contributed by atoms with Crippen LogP contribution < -0.4 is 0 Å². The van der Waals surface area contributed by atoms with E-state index in [9.17, 15) is 0 Å². The van der Waals surface area contributed by atoms with E-state index in [1.807, 2.05) is 6.92 Å². The Hall–Kier alpha value is 0.319. The van der Waals surface area contributed by atoms with Gasteiger partial charge in [0.1, 0.15) is 0 Å². The van der Waals surface area contributed by atoms with Gasteiger partial charge in [0.2, 0.25) is 0 Å². The quantitative estimate of drug-likeness (QED) is 0.111. The van der Waals surface area contributed by atoms with E-state index in [0.29, 0.717) is 0 Å². The number of ether oxygens (including phenoxy) is 1. The normalized spacial score (nSPS) is 12.7. The summed E-state index contributed by atoms with van der Waals surface area (Å²) >= 11 is -2.16. The summed E-state index contributed by atoms with van der Waals surface area (Å²) in [6, 6.07) is 0. The molecule has 0 heterocycles. The SMILES string of the molecule is CC#C[C@@H](CCCCCCC)O[CH2][Sn]([CH2]CCC)([CH2]CCC)[CH2]CCC. The first-order valence-corrected chi connectivity index (χ1v) is 19.8. The van der Waals surface area contributed by atoms with Gasteiger partial charge in [-0.05, 0) is 0 Å². The molecule has 0 amide bonds. The fourth-order valence-corrected chi connectivity index (χ4v) is 18.2. The van der Waals surface area contributed by atoms with E-state index in [-0.39, 0.29) is 6.10 Å². The zero-order chi connectivity index (χ0) is 19.5. The Kier molecular flexibility index (Phi) is 18.9. The van der Waals surface area contributed by atoms with E-state index in [2.05, 4.69) is 39.5 Å². The van der Waals surface area contributed by atoms with Crippen molar-refractivity contribution in [3.8, 4) is 11.8 Å². The molecule has 0 aliphatic heterocycles. The molecule has 0 bridgehead atoms. The molecule has 0 fully saturated rings. The zero-order valence-corrected chi connectivity index (χ0v) is 21.7. The summed E-state index contributed by atoms with van der Waals surface area (Å²) in [5, 5.41) is 0. The zero-order valence-electron chi connectivity index (χ0n) is 18.8. The second-order valence-corrected chi connectivity index (χ2v) is 21.9. The average molecular weight is 471 g/mol. The van der Waals surface area contributed by atoms with Crippen LogP contribution in [-0.4, -0.2) is 29.1 Å². The van der Waals surface area contributed by atoms with E-state index < -0.39 is 18.4 Å². The molecule has 0 N–H and O–H groups in total. The average Bonchev–Trinajstić information content (AvgIpc) is 2.66. The number of rotatable bonds is 18. The van der Waals surface area contributed by atoms with E-state index >= 15 is 0 Å². The van der Waals surface area contributed by atoms with E-state index in [1.165, 1.54) is 83.9 Å². The molecular formula is C24H48OSn. The summed E-state index contributed by atoms with van der Waals surface area (Å²) in [6.45, 7) is 11.3. The summed E-state index contributed by atoms with van der Waals surface area (Å²) < 4.78 is 12.3. The molecule has 1 nitrogen and oxygen atoms in total. The molecule has 0 rings (SSSR count). The van der Waals surface area contributed by atoms with Crippen LogP contribution in [0.2, 0.25) is 13.3 Å². The van der Waals surface area contributed by atoms with Crippen molar-refractivity contribution in [3.05, 3.63) is 0 Å². The second kappa shape index (κ2) is 18.7. The number of hydrogen-bond acceptors (Lipinski definition) is 1. The van der Waals surface area contributed by atoms with Crippen molar-refractivity contribution >= 4 is 18.4 Å². The Morgan fingerprint density at radius 1 is 0.692 bits per heavy atom. The van der Waals surface area contributed by atoms with Crippen molar-refractivity contribution in [1.29, 1.82) is 0 Å². The third kappa shape index (κ3) is 13.5. The minimum absolute atomic E-state index is 0.197. The predicted molar refractivity (Wildman–Crippen MR) is 121 cm³/mol. The van der Waals surface area contributed by atoms with Crippen LogP contribution in [0, 0.1) is 11.8 Å². The molecule has 0 aromatic heterocycles. The van der Waals surface area contributed by atoms with Gasteiger partial charge in [0, 0.05) is 0 Å². The topological polar surface area (TPSA) is 9.23 Å². The Balaban J connectivity index is 4.73. The minimum atomic E-state index is -2.16. The van der Waals surface area contributed by atoms with E-state index in [4.69, 9.17) is 4.74 Å². The van der Waals surface area contributed by atoms with Crippen LogP contribution >= 0.6 is 0 Å². The molecule has 0 saturated heterocycles. The molecule has 154 valence electrons. The first-order chi connectivity index (χ1) is 12.7. The molecular weight excluding hydrogens is 423 g/mol. The fraction of sp³-hybridized carbons (Fsp3) is 0.917. The second-order valence-electron chi connectivity index (χ2n) is 8.21. The third-order valence-electron chi connectivity index (χ3n) is 5.65. The van der Waals surface area contributed by atoms with Crippen LogP contribution in [0.5, 0.6) is 0 Å². The maximum atomic E-state index is 6.57. The van der Waals surface area contributed by atoms with E-state index in [0.717, 1.165) is 11.0 Å². The molecule has 0 aromatic rings. The molecule has 26 heavy (non-hydrogen) atoms. The standard InChI is InChI=1S/C12H21O.3C4H9.Sn/c1-4-6-7-8-9-11-12(13-3)10-5-2;3*1-3-4-2;/h12H,3-4,6-9,11H2,1-2H3;3*1,3-4H2,2H3;/t12-;;;;/m0..../s1. The van der Waals surface area contributed by atoms with Crippen molar-refractivity contribution in [2.75, 3.05) is 4.62 Å². The van der Waals surface area contributed by atoms with Crippen LogP contribution in [0.15, 0.2) is 0 Å². The van der Waals surface area contributed by atoms with Crippen molar-refractivity contribution in [2.45, 2.75) is 131 Å². The van der Waals surface area contributed by atoms with Crippen LogP contribution in [0.3, 0.4) is 0 Å². The summed E-state index contributed by atoms with van der Waals surface area (Å²) in [5.41, 5.74) is 0. The first-order valence-electron chi connectivity index (χ1n) is 11.7. The van der Waals surface area contributed by atoms with Crippen LogP contribution in [-0.2, 0) is 4.74 Å². The molecule has 0 saturated carbocycles. The summed E-state index contributed by atoms with van der Waals surface area (Å²) in [4.78, 5) is 0. The van der Waals surface area contributed by atoms with Crippen molar-refractivity contribution < 1.29 is 4.74 Å². The van der Waals surface area contributed by atoms with Crippen LogP contribution in [0.25, 0.3) is 0 Å². The van der Waals surface area contributed by atoms with Gasteiger partial charge in [-0.3, -0.25) is 0 Å². The van der Waals surface area contributed by atoms with Crippen molar-refractivity contribution in [2.24, 2.45) is 0 Å². The van der Waals surface area contributed by atoms with Gasteiger partial charge in [0.15, 0.2) is 0 Å². The molecule has 0 radical (unpaired) electrons. The fourth-order valence-electron chi connectivity index (χ4n) is 3.82. The number of hydrogen-bond donors (Lipinski definition) is 0. The van der Waals surface area contributed by atoms with Gasteiger partial charge in [-0.15, -0.1) is 0 Å². The Morgan fingerprint density at radius 3 is 1.65 bits per heavy atom. The molecule has 2 heteroatoms. The van der Waals surface area contributed by atoms with Gasteiger partial charge >= 0.3 is 171 Å². The van der Waals surface area contributed by atoms with Gasteiger partial charge in [0.05, 0.1) is 0 Å². The van der Waals surface area contributed by atoms with Gasteiger partial charge < -0.3 is 0 Å². The first kappa shape index (κ1) is 26.3. The summed E-state index contributed by atoms with van der Waals surface area (Å²) in [6.07, 6.45) is 16.3. The molecule has 0 aliphatic rings. The van der Waals surface area contributed by atoms with Gasteiger partial charge in [-0.25, -0.2) is 0 Å². The molecule has 0 spiro atoms. The van der Waals surface area contributed by atoms with E-state index in [1.54, 1.807) is 0 Å². The molecule has 1 atom stereocenters. The Labute approximate surface area is 170 Å². The van der Waals surface area contributed by atoms with Crippen LogP contribution in [0.4, 0.5) is 0 Å². The van der Waals surface area contributed by atoms with Crippen LogP contribution in [0.1, 0.15) is 112 Å². The third-order valence-corrected chi connectivity index (χ3v) is 20.0. The van der Waals surface area contributed by atoms with Crippen molar-refractivity contribution in [3.63, 3.8) is 0 Å². The summed E-state index contributed by atoms with van der Waals surface area (Å²) in [5.74, 6) is 6.51. The molecule has 0 aliphatic carbocycles. The van der Waals surface area contributed by atoms with Gasteiger partial charge in [0.25, 0.3) is 0 Å². The Morgan fingerprint density at radius 2 is 1.19 bits per heavy atom. The number of unbranched alkanes of at least 4 members (excludes halogenated alkanes) is 7. The molecule has 0 unspecified atom stereocenters. The monoisotopic (exact) mass is 472 g/mol. The maximum absolute atomic E-state index is 6.57. The predicted octanol–water partition coefficient (Wildman–Crippen LogP) is 8.14. The molecule has 0 aromatic carbocycles. The Bertz CT molecular complexity index is 333. The van der Waals surface area contributed by atoms with Gasteiger partial charge in [-0.1, -0.05) is 0 Å². The summed E-state index contributed by atoms with van der Waals surface area (Å²) in [7, 11) is 0.